The number of carbonyl (C=O) groups excluding carboxylic acids is 1. The first-order valence-corrected chi connectivity index (χ1v) is 8.43. The van der Waals surface area contributed by atoms with Crippen molar-refractivity contribution in [2.24, 2.45) is 17.4 Å². The highest BCUT2D eigenvalue weighted by Gasteiger charge is 2.36. The standard InChI is InChI=1S/C14H21N3O3S.ClH/c1-10-3-2-8-17(13(10)9-15)21(19,20)12-6-4-11(5-7-12)14(16)18;/h4-7,10,13H,2-3,8-9,15H2,1H3,(H2,16,18);1H. The Morgan fingerprint density at radius 1 is 1.32 bits per heavy atom. The van der Waals surface area contributed by atoms with Crippen molar-refractivity contribution < 1.29 is 13.2 Å². The average molecular weight is 348 g/mol. The second-order valence-electron chi connectivity index (χ2n) is 5.43. The molecule has 8 heteroatoms. The molecule has 124 valence electrons. The van der Waals surface area contributed by atoms with Gasteiger partial charge in [-0.3, -0.25) is 4.79 Å². The molecule has 22 heavy (non-hydrogen) atoms. The molecule has 1 saturated heterocycles. The lowest BCUT2D eigenvalue weighted by molar-refractivity contribution is 0.1000. The largest absolute Gasteiger partial charge is 0.366 e. The highest BCUT2D eigenvalue weighted by molar-refractivity contribution is 7.89. The molecule has 0 aliphatic carbocycles. The molecule has 1 aromatic carbocycles. The predicted octanol–water partition coefficient (Wildman–Crippen LogP) is 0.955. The van der Waals surface area contributed by atoms with Crippen LogP contribution in [0.1, 0.15) is 30.1 Å². The van der Waals surface area contributed by atoms with E-state index >= 15 is 0 Å². The monoisotopic (exact) mass is 347 g/mol. The van der Waals surface area contributed by atoms with Gasteiger partial charge >= 0.3 is 0 Å². The van der Waals surface area contributed by atoms with Crippen molar-refractivity contribution >= 4 is 28.3 Å². The van der Waals surface area contributed by atoms with Crippen LogP contribution in [-0.2, 0) is 10.0 Å². The summed E-state index contributed by atoms with van der Waals surface area (Å²) in [6.07, 6.45) is 1.81. The number of benzene rings is 1. The number of sulfonamides is 1. The SMILES string of the molecule is CC1CCCN(S(=O)(=O)c2ccc(C(N)=O)cc2)C1CN.Cl. The third-order valence-electron chi connectivity index (χ3n) is 4.05. The molecule has 6 nitrogen and oxygen atoms in total. The van der Waals surface area contributed by atoms with Crippen molar-refractivity contribution in [3.05, 3.63) is 29.8 Å². The Labute approximate surface area is 137 Å². The molecular formula is C14H22ClN3O3S. The Bertz CT molecular complexity index is 619. The van der Waals surface area contributed by atoms with Crippen LogP contribution < -0.4 is 11.5 Å². The van der Waals surface area contributed by atoms with Crippen molar-refractivity contribution in [2.75, 3.05) is 13.1 Å². The second kappa shape index (κ2) is 7.41. The predicted molar refractivity (Wildman–Crippen MR) is 87.3 cm³/mol. The smallest absolute Gasteiger partial charge is 0.248 e. The number of halogens is 1. The highest BCUT2D eigenvalue weighted by atomic mass is 35.5. The molecule has 1 amide bonds. The number of nitrogens with two attached hydrogens (primary N) is 2. The lowest BCUT2D eigenvalue weighted by atomic mass is 9.93. The minimum absolute atomic E-state index is 0. The first-order chi connectivity index (χ1) is 9.87. The van der Waals surface area contributed by atoms with E-state index in [1.165, 1.54) is 28.6 Å². The van der Waals surface area contributed by atoms with Crippen LogP contribution in [0.5, 0.6) is 0 Å². The Morgan fingerprint density at radius 3 is 2.41 bits per heavy atom. The lowest BCUT2D eigenvalue weighted by Crippen LogP contribution is -2.51. The molecule has 0 aromatic heterocycles. The van der Waals surface area contributed by atoms with E-state index in [-0.39, 0.29) is 34.8 Å². The molecule has 2 atom stereocenters. The average Bonchev–Trinajstić information content (AvgIpc) is 2.47. The normalized spacial score (nSPS) is 22.8. The van der Waals surface area contributed by atoms with E-state index in [4.69, 9.17) is 11.5 Å². The molecule has 1 aliphatic heterocycles. The summed E-state index contributed by atoms with van der Waals surface area (Å²) >= 11 is 0. The minimum Gasteiger partial charge on any atom is -0.366 e. The summed E-state index contributed by atoms with van der Waals surface area (Å²) in [6, 6.07) is 5.52. The van der Waals surface area contributed by atoms with Gasteiger partial charge in [0.05, 0.1) is 4.90 Å². The van der Waals surface area contributed by atoms with Gasteiger partial charge in [0.15, 0.2) is 0 Å². The van der Waals surface area contributed by atoms with Gasteiger partial charge in [-0.1, -0.05) is 6.92 Å². The van der Waals surface area contributed by atoms with Gasteiger partial charge in [-0.25, -0.2) is 8.42 Å². The van der Waals surface area contributed by atoms with Crippen LogP contribution >= 0.6 is 12.4 Å². The van der Waals surface area contributed by atoms with E-state index in [0.29, 0.717) is 13.1 Å². The van der Waals surface area contributed by atoms with Gasteiger partial charge in [0.25, 0.3) is 0 Å². The van der Waals surface area contributed by atoms with Crippen LogP contribution in [0.4, 0.5) is 0 Å². The molecular weight excluding hydrogens is 326 g/mol. The first-order valence-electron chi connectivity index (χ1n) is 6.99. The van der Waals surface area contributed by atoms with E-state index in [1.807, 2.05) is 6.92 Å². The fourth-order valence-corrected chi connectivity index (χ4v) is 4.56. The van der Waals surface area contributed by atoms with Gasteiger partial charge in [0.2, 0.25) is 15.9 Å². The Balaban J connectivity index is 0.00000242. The number of hydrogen-bond acceptors (Lipinski definition) is 4. The summed E-state index contributed by atoms with van der Waals surface area (Å²) in [5, 5.41) is 0. The maximum absolute atomic E-state index is 12.7. The van der Waals surface area contributed by atoms with Crippen LogP contribution in [0.25, 0.3) is 0 Å². The summed E-state index contributed by atoms with van der Waals surface area (Å²) < 4.78 is 27.0. The number of piperidine rings is 1. The molecule has 0 bridgehead atoms. The minimum atomic E-state index is -3.60. The summed E-state index contributed by atoms with van der Waals surface area (Å²) in [4.78, 5) is 11.2. The van der Waals surface area contributed by atoms with Gasteiger partial charge in [0.1, 0.15) is 0 Å². The van der Waals surface area contributed by atoms with Crippen LogP contribution in [0.2, 0.25) is 0 Å². The summed E-state index contributed by atoms with van der Waals surface area (Å²) in [7, 11) is -3.60. The molecule has 4 N–H and O–H groups in total. The molecule has 0 radical (unpaired) electrons. The van der Waals surface area contributed by atoms with E-state index in [1.54, 1.807) is 0 Å². The summed E-state index contributed by atoms with van der Waals surface area (Å²) in [5.74, 6) is -0.339. The highest BCUT2D eigenvalue weighted by Crippen LogP contribution is 2.28. The van der Waals surface area contributed by atoms with Crippen molar-refractivity contribution in [1.82, 2.24) is 4.31 Å². The fraction of sp³-hybridized carbons (Fsp3) is 0.500. The molecule has 0 spiro atoms. The number of primary amides is 1. The molecule has 2 unspecified atom stereocenters. The molecule has 2 rings (SSSR count). The van der Waals surface area contributed by atoms with Crippen LogP contribution in [0.15, 0.2) is 29.2 Å². The molecule has 0 saturated carbocycles. The fourth-order valence-electron chi connectivity index (χ4n) is 2.79. The quantitative estimate of drug-likeness (QED) is 0.845. The third-order valence-corrected chi connectivity index (χ3v) is 5.99. The number of carbonyl (C=O) groups is 1. The number of hydrogen-bond donors (Lipinski definition) is 2. The van der Waals surface area contributed by atoms with Crippen LogP contribution in [0, 0.1) is 5.92 Å². The van der Waals surface area contributed by atoms with E-state index < -0.39 is 15.9 Å². The first kappa shape index (κ1) is 18.9. The maximum Gasteiger partial charge on any atom is 0.248 e. The van der Waals surface area contributed by atoms with Gasteiger partial charge in [-0.2, -0.15) is 4.31 Å². The van der Waals surface area contributed by atoms with Crippen molar-refractivity contribution in [1.29, 1.82) is 0 Å². The van der Waals surface area contributed by atoms with E-state index in [2.05, 4.69) is 0 Å². The zero-order valence-electron chi connectivity index (χ0n) is 12.4. The third kappa shape index (κ3) is 3.60. The Hall–Kier alpha value is -1.15. The summed E-state index contributed by atoms with van der Waals surface area (Å²) in [5.41, 5.74) is 11.2. The molecule has 1 aromatic rings. The van der Waals surface area contributed by atoms with Crippen molar-refractivity contribution in [2.45, 2.75) is 30.7 Å². The van der Waals surface area contributed by atoms with E-state index in [9.17, 15) is 13.2 Å². The zero-order chi connectivity index (χ0) is 15.6. The number of nitrogens with zero attached hydrogens (tertiary/aromatic N) is 1. The van der Waals surface area contributed by atoms with Crippen molar-refractivity contribution in [3.63, 3.8) is 0 Å². The number of rotatable bonds is 4. The van der Waals surface area contributed by atoms with Gasteiger partial charge in [0, 0.05) is 24.7 Å². The Morgan fingerprint density at radius 2 is 1.91 bits per heavy atom. The van der Waals surface area contributed by atoms with Gasteiger partial charge < -0.3 is 11.5 Å². The zero-order valence-corrected chi connectivity index (χ0v) is 14.1. The van der Waals surface area contributed by atoms with Gasteiger partial charge in [-0.05, 0) is 43.0 Å². The topological polar surface area (TPSA) is 106 Å². The Kier molecular flexibility index (Phi) is 6.37. The lowest BCUT2D eigenvalue weighted by Gasteiger charge is -2.38. The van der Waals surface area contributed by atoms with Crippen molar-refractivity contribution in [3.8, 4) is 0 Å². The molecule has 1 aliphatic rings. The maximum atomic E-state index is 12.7. The molecule has 1 fully saturated rings. The molecule has 1 heterocycles. The van der Waals surface area contributed by atoms with Gasteiger partial charge in [-0.15, -0.1) is 12.4 Å². The second-order valence-corrected chi connectivity index (χ2v) is 7.32. The van der Waals surface area contributed by atoms with Crippen LogP contribution in [-0.4, -0.2) is 37.8 Å². The van der Waals surface area contributed by atoms with E-state index in [0.717, 1.165) is 12.8 Å². The van der Waals surface area contributed by atoms with Crippen LogP contribution in [0.3, 0.4) is 0 Å². The summed E-state index contributed by atoms with van der Waals surface area (Å²) in [6.45, 7) is 2.81. The number of amides is 1.